The fourth-order valence-corrected chi connectivity index (χ4v) is 0. The summed E-state index contributed by atoms with van der Waals surface area (Å²) in [6.45, 7) is 1.93. The van der Waals surface area contributed by atoms with E-state index in [1.54, 1.807) is 6.92 Å². The topological polar surface area (TPSA) is 98.0 Å². The van der Waals surface area contributed by atoms with E-state index >= 15 is 0 Å². The van der Waals surface area contributed by atoms with Gasteiger partial charge in [0.05, 0.1) is 0 Å². The minimum Gasteiger partial charge on any atom is -1.00 e. The molecule has 0 saturated heterocycles. The molecule has 9 heavy (non-hydrogen) atoms. The van der Waals surface area contributed by atoms with Crippen LogP contribution < -0.4 is 0 Å². The molecular formula is C2H11CaO5P. The van der Waals surface area contributed by atoms with Crippen LogP contribution in [0.2, 0.25) is 0 Å². The second-order valence-corrected chi connectivity index (χ2v) is 1.86. The fourth-order valence-electron chi connectivity index (χ4n) is 0. The van der Waals surface area contributed by atoms with Gasteiger partial charge in [-0.2, -0.15) is 0 Å². The van der Waals surface area contributed by atoms with Crippen molar-refractivity contribution in [3.05, 3.63) is 0 Å². The molecule has 7 heteroatoms. The average Bonchev–Trinajstić information content (AvgIpc) is 1.27. The molecule has 0 atom stereocenters. The minimum atomic E-state index is -4.64. The van der Waals surface area contributed by atoms with Crippen molar-refractivity contribution in [1.82, 2.24) is 0 Å². The van der Waals surface area contributed by atoms with Crippen LogP contribution in [0.1, 0.15) is 9.78 Å². The third-order valence-electron chi connectivity index (χ3n) is 0. The summed E-state index contributed by atoms with van der Waals surface area (Å²) in [5.74, 6) is 0. The molecule has 0 aromatic heterocycles. The number of hydrogen-bond donors (Lipinski definition) is 4. The second-order valence-electron chi connectivity index (χ2n) is 0.830. The van der Waals surface area contributed by atoms with E-state index in [2.05, 4.69) is 0 Å². The normalized spacial score (nSPS) is 8.56. The van der Waals surface area contributed by atoms with Crippen LogP contribution >= 0.6 is 7.82 Å². The largest absolute Gasteiger partial charge is 2.00 e. The Hall–Kier alpha value is 1.33. The Morgan fingerprint density at radius 2 is 1.44 bits per heavy atom. The van der Waals surface area contributed by atoms with Crippen LogP contribution in [0.3, 0.4) is 0 Å². The zero-order valence-electron chi connectivity index (χ0n) is 7.06. The molecule has 0 aliphatic heterocycles. The van der Waals surface area contributed by atoms with Gasteiger partial charge in [0.25, 0.3) is 0 Å². The summed E-state index contributed by atoms with van der Waals surface area (Å²) in [7, 11) is -4.64. The van der Waals surface area contributed by atoms with Crippen LogP contribution in [0, 0.1) is 0 Å². The number of rotatable bonds is 0. The van der Waals surface area contributed by atoms with Gasteiger partial charge >= 0.3 is 45.6 Å². The Labute approximate surface area is 85.9 Å². The van der Waals surface area contributed by atoms with Crippen LogP contribution in [0.4, 0.5) is 0 Å². The standard InChI is InChI=1S/C2H6O.Ca.H3O4P.2H/c1-2-3;;1-5(2,3)4;;/h3H,2H2,1H3;;(H3,1,2,3,4);;/q;+2;;2*-1. The number of aliphatic hydroxyl groups excluding tert-OH is 1. The van der Waals surface area contributed by atoms with Gasteiger partial charge in [-0.3, -0.25) is 0 Å². The van der Waals surface area contributed by atoms with Gasteiger partial charge in [0.2, 0.25) is 0 Å². The van der Waals surface area contributed by atoms with Gasteiger partial charge in [0, 0.05) is 6.61 Å². The summed E-state index contributed by atoms with van der Waals surface area (Å²) >= 11 is 0. The molecule has 0 heterocycles. The SMILES string of the molecule is CCO.O=P(O)(O)O.[Ca+2].[H-].[H-]. The summed E-state index contributed by atoms with van der Waals surface area (Å²) in [6.07, 6.45) is 0. The van der Waals surface area contributed by atoms with E-state index in [0.29, 0.717) is 0 Å². The Morgan fingerprint density at radius 1 is 1.44 bits per heavy atom. The summed E-state index contributed by atoms with van der Waals surface area (Å²) in [5.41, 5.74) is 0. The first-order valence-corrected chi connectivity index (χ1v) is 3.37. The number of hydrogen-bond acceptors (Lipinski definition) is 2. The zero-order valence-corrected chi connectivity index (χ0v) is 8.16. The Kier molecular flexibility index (Phi) is 17.3. The quantitative estimate of drug-likeness (QED) is 0.285. The molecule has 56 valence electrons. The van der Waals surface area contributed by atoms with Crippen LogP contribution in [-0.2, 0) is 4.57 Å². The number of aliphatic hydroxyl groups is 1. The van der Waals surface area contributed by atoms with E-state index in [4.69, 9.17) is 24.4 Å². The van der Waals surface area contributed by atoms with Crippen molar-refractivity contribution in [1.29, 1.82) is 0 Å². The van der Waals surface area contributed by atoms with E-state index in [-0.39, 0.29) is 47.2 Å². The minimum absolute atomic E-state index is 0. The van der Waals surface area contributed by atoms with E-state index in [1.165, 1.54) is 0 Å². The van der Waals surface area contributed by atoms with Crippen LogP contribution in [-0.4, -0.2) is 64.1 Å². The Morgan fingerprint density at radius 3 is 1.44 bits per heavy atom. The van der Waals surface area contributed by atoms with Crippen molar-refractivity contribution in [3.63, 3.8) is 0 Å². The molecule has 0 amide bonds. The van der Waals surface area contributed by atoms with Gasteiger partial charge in [-0.1, -0.05) is 0 Å². The Balaban J connectivity index is -0.0000000183. The maximum Gasteiger partial charge on any atom is 2.00 e. The first-order valence-electron chi connectivity index (χ1n) is 1.81. The van der Waals surface area contributed by atoms with Gasteiger partial charge in [-0.15, -0.1) is 0 Å². The van der Waals surface area contributed by atoms with Gasteiger partial charge < -0.3 is 22.6 Å². The third kappa shape index (κ3) is 283. The maximum absolute atomic E-state index is 8.88. The molecule has 0 rings (SSSR count). The zero-order chi connectivity index (χ0) is 7.21. The summed E-state index contributed by atoms with van der Waals surface area (Å²) in [6, 6.07) is 0. The molecule has 0 aromatic carbocycles. The van der Waals surface area contributed by atoms with Crippen LogP contribution in [0.5, 0.6) is 0 Å². The number of phosphoric acid groups is 1. The summed E-state index contributed by atoms with van der Waals surface area (Å²) in [5, 5.41) is 7.57. The van der Waals surface area contributed by atoms with Crippen molar-refractivity contribution in [3.8, 4) is 0 Å². The molecule has 0 saturated carbocycles. The predicted molar refractivity (Wildman–Crippen MR) is 35.0 cm³/mol. The van der Waals surface area contributed by atoms with E-state index in [1.807, 2.05) is 0 Å². The molecule has 5 nitrogen and oxygen atoms in total. The van der Waals surface area contributed by atoms with Crippen LogP contribution in [0.15, 0.2) is 0 Å². The summed E-state index contributed by atoms with van der Waals surface area (Å²) < 4.78 is 8.88. The van der Waals surface area contributed by atoms with Gasteiger partial charge in [-0.25, -0.2) is 4.57 Å². The molecule has 0 unspecified atom stereocenters. The molecule has 0 aliphatic carbocycles. The first-order chi connectivity index (χ1) is 3.41. The molecule has 0 fully saturated rings. The first kappa shape index (κ1) is 16.7. The smallest absolute Gasteiger partial charge is 1.00 e. The molecule has 4 N–H and O–H groups in total. The Bertz CT molecular complexity index is 78.3. The fraction of sp³-hybridized carbons (Fsp3) is 1.00. The third-order valence-corrected chi connectivity index (χ3v) is 0. The van der Waals surface area contributed by atoms with Crippen molar-refractivity contribution in [2.75, 3.05) is 6.61 Å². The average molecular weight is 186 g/mol. The van der Waals surface area contributed by atoms with Gasteiger partial charge in [0.1, 0.15) is 0 Å². The van der Waals surface area contributed by atoms with Crippen molar-refractivity contribution in [2.24, 2.45) is 0 Å². The molecular weight excluding hydrogens is 175 g/mol. The molecule has 0 bridgehead atoms. The molecule has 0 spiro atoms. The van der Waals surface area contributed by atoms with Crippen LogP contribution in [0.25, 0.3) is 0 Å². The van der Waals surface area contributed by atoms with E-state index < -0.39 is 7.82 Å². The van der Waals surface area contributed by atoms with Crippen molar-refractivity contribution < 1.29 is 27.2 Å². The molecule has 0 aliphatic rings. The van der Waals surface area contributed by atoms with Crippen molar-refractivity contribution in [2.45, 2.75) is 6.92 Å². The van der Waals surface area contributed by atoms with E-state index in [9.17, 15) is 0 Å². The van der Waals surface area contributed by atoms with Crippen molar-refractivity contribution >= 4 is 45.6 Å². The van der Waals surface area contributed by atoms with Gasteiger partial charge in [0.15, 0.2) is 0 Å². The molecule has 0 aromatic rings. The summed E-state index contributed by atoms with van der Waals surface area (Å²) in [4.78, 5) is 21.6. The predicted octanol–water partition coefficient (Wildman–Crippen LogP) is -1.09. The molecule has 0 radical (unpaired) electrons. The van der Waals surface area contributed by atoms with Gasteiger partial charge in [-0.05, 0) is 6.92 Å². The monoisotopic (exact) mass is 186 g/mol. The second kappa shape index (κ2) is 9.33. The van der Waals surface area contributed by atoms with E-state index in [0.717, 1.165) is 0 Å². The maximum atomic E-state index is 8.88.